The van der Waals surface area contributed by atoms with Gasteiger partial charge in [-0.1, -0.05) is 0 Å². The van der Waals surface area contributed by atoms with Gasteiger partial charge in [0.05, 0.1) is 29.8 Å². The van der Waals surface area contributed by atoms with Crippen LogP contribution < -0.4 is 4.74 Å². The maximum atomic E-state index is 10.9. The topological polar surface area (TPSA) is 92.8 Å². The number of rotatable bonds is 6. The molecule has 0 aliphatic heterocycles. The van der Waals surface area contributed by atoms with Crippen LogP contribution in [0, 0.1) is 10.1 Å². The summed E-state index contributed by atoms with van der Waals surface area (Å²) < 4.78 is 4.88. The van der Waals surface area contributed by atoms with Crippen LogP contribution >= 0.6 is 11.6 Å². The molecule has 2 N–H and O–H groups in total. The minimum atomic E-state index is -1.35. The summed E-state index contributed by atoms with van der Waals surface area (Å²) in [5.74, 6) is 0.465. The average Bonchev–Trinajstić information content (AvgIpc) is 2.37. The second-order valence-corrected chi connectivity index (χ2v) is 4.05. The van der Waals surface area contributed by atoms with Crippen molar-refractivity contribution in [3.8, 4) is 5.75 Å². The molecule has 0 aliphatic carbocycles. The summed E-state index contributed by atoms with van der Waals surface area (Å²) >= 11 is 5.45. The third-order valence-electron chi connectivity index (χ3n) is 2.52. The van der Waals surface area contributed by atoms with Crippen molar-refractivity contribution in [1.82, 2.24) is 0 Å². The van der Waals surface area contributed by atoms with Gasteiger partial charge in [-0.2, -0.15) is 0 Å². The Morgan fingerprint density at radius 2 is 2.17 bits per heavy atom. The molecule has 1 aromatic rings. The van der Waals surface area contributed by atoms with Crippen LogP contribution in [0.2, 0.25) is 0 Å². The standard InChI is InChI=1S/C11H14ClNO5/c1-18-7-2-3-8(9(6-7)13(16)17)11(15)10(14)4-5-12/h2-3,6,10-11,14-15H,4-5H2,1H3. The minimum Gasteiger partial charge on any atom is -0.497 e. The van der Waals surface area contributed by atoms with E-state index in [1.54, 1.807) is 0 Å². The first-order valence-corrected chi connectivity index (χ1v) is 5.79. The Kier molecular flexibility index (Phi) is 5.33. The lowest BCUT2D eigenvalue weighted by molar-refractivity contribution is -0.386. The Balaban J connectivity index is 3.10. The highest BCUT2D eigenvalue weighted by Gasteiger charge is 2.26. The van der Waals surface area contributed by atoms with Gasteiger partial charge in [-0.15, -0.1) is 11.6 Å². The Morgan fingerprint density at radius 3 is 2.67 bits per heavy atom. The maximum Gasteiger partial charge on any atom is 0.279 e. The molecule has 0 spiro atoms. The molecule has 18 heavy (non-hydrogen) atoms. The van der Waals surface area contributed by atoms with E-state index in [0.717, 1.165) is 0 Å². The van der Waals surface area contributed by atoms with E-state index in [2.05, 4.69) is 0 Å². The molecule has 2 unspecified atom stereocenters. The van der Waals surface area contributed by atoms with E-state index in [-0.39, 0.29) is 23.6 Å². The van der Waals surface area contributed by atoms with Crippen molar-refractivity contribution < 1.29 is 19.9 Å². The van der Waals surface area contributed by atoms with Crippen molar-refractivity contribution in [2.75, 3.05) is 13.0 Å². The molecular formula is C11H14ClNO5. The van der Waals surface area contributed by atoms with Crippen molar-refractivity contribution in [1.29, 1.82) is 0 Å². The van der Waals surface area contributed by atoms with Crippen molar-refractivity contribution in [2.45, 2.75) is 18.6 Å². The lowest BCUT2D eigenvalue weighted by Gasteiger charge is -2.17. The monoisotopic (exact) mass is 275 g/mol. The zero-order chi connectivity index (χ0) is 13.7. The van der Waals surface area contributed by atoms with Gasteiger partial charge >= 0.3 is 0 Å². The molecule has 7 heteroatoms. The summed E-state index contributed by atoms with van der Waals surface area (Å²) in [7, 11) is 1.39. The molecule has 0 radical (unpaired) electrons. The third kappa shape index (κ3) is 3.32. The Hall–Kier alpha value is -1.37. The molecule has 2 atom stereocenters. The molecule has 0 bridgehead atoms. The van der Waals surface area contributed by atoms with Gasteiger partial charge < -0.3 is 14.9 Å². The van der Waals surface area contributed by atoms with E-state index in [9.17, 15) is 20.3 Å². The molecule has 0 saturated heterocycles. The molecule has 6 nitrogen and oxygen atoms in total. The van der Waals surface area contributed by atoms with Gasteiger partial charge in [-0.3, -0.25) is 10.1 Å². The Morgan fingerprint density at radius 1 is 1.50 bits per heavy atom. The number of nitro groups is 1. The summed E-state index contributed by atoms with van der Waals surface area (Å²) in [6.07, 6.45) is -2.35. The van der Waals surface area contributed by atoms with E-state index in [1.165, 1.54) is 25.3 Å². The number of aliphatic hydroxyl groups excluding tert-OH is 2. The zero-order valence-electron chi connectivity index (χ0n) is 9.75. The summed E-state index contributed by atoms with van der Waals surface area (Å²) in [6, 6.07) is 4.05. The van der Waals surface area contributed by atoms with Crippen LogP contribution in [0.25, 0.3) is 0 Å². The number of benzene rings is 1. The highest BCUT2D eigenvalue weighted by molar-refractivity contribution is 6.17. The van der Waals surface area contributed by atoms with E-state index in [0.29, 0.717) is 5.75 Å². The van der Waals surface area contributed by atoms with Crippen LogP contribution in [-0.2, 0) is 0 Å². The number of aliphatic hydroxyl groups is 2. The molecule has 0 fully saturated rings. The molecule has 1 rings (SSSR count). The first-order chi connectivity index (χ1) is 8.51. The summed E-state index contributed by atoms with van der Waals surface area (Å²) in [5, 5.41) is 30.4. The molecule has 0 aromatic heterocycles. The smallest absolute Gasteiger partial charge is 0.279 e. The fourth-order valence-corrected chi connectivity index (χ4v) is 1.76. The zero-order valence-corrected chi connectivity index (χ0v) is 10.5. The summed E-state index contributed by atoms with van der Waals surface area (Å²) in [5.41, 5.74) is -0.256. The van der Waals surface area contributed by atoms with Gasteiger partial charge in [0.25, 0.3) is 5.69 Å². The first-order valence-electron chi connectivity index (χ1n) is 5.25. The number of hydrogen-bond acceptors (Lipinski definition) is 5. The Labute approximate surface area is 109 Å². The number of alkyl halides is 1. The van der Waals surface area contributed by atoms with E-state index >= 15 is 0 Å². The van der Waals surface area contributed by atoms with Crippen LogP contribution in [0.15, 0.2) is 18.2 Å². The van der Waals surface area contributed by atoms with E-state index in [4.69, 9.17) is 16.3 Å². The van der Waals surface area contributed by atoms with Crippen LogP contribution in [0.3, 0.4) is 0 Å². The normalized spacial score (nSPS) is 14.0. The van der Waals surface area contributed by atoms with Gasteiger partial charge in [0, 0.05) is 5.88 Å². The fourth-order valence-electron chi connectivity index (χ4n) is 1.54. The number of nitro benzene ring substituents is 1. The lowest BCUT2D eigenvalue weighted by Crippen LogP contribution is -2.19. The highest BCUT2D eigenvalue weighted by atomic mass is 35.5. The van der Waals surface area contributed by atoms with Crippen molar-refractivity contribution in [3.05, 3.63) is 33.9 Å². The first kappa shape index (κ1) is 14.7. The second kappa shape index (κ2) is 6.53. The number of hydrogen-bond donors (Lipinski definition) is 2. The molecule has 0 amide bonds. The third-order valence-corrected chi connectivity index (χ3v) is 2.74. The molecule has 100 valence electrons. The van der Waals surface area contributed by atoms with Gasteiger partial charge in [0.2, 0.25) is 0 Å². The Bertz CT molecular complexity index is 426. The quantitative estimate of drug-likeness (QED) is 0.467. The second-order valence-electron chi connectivity index (χ2n) is 3.67. The predicted octanol–water partition coefficient (Wildman–Crippen LogP) is 1.63. The molecule has 0 heterocycles. The largest absolute Gasteiger partial charge is 0.497 e. The van der Waals surface area contributed by atoms with Crippen LogP contribution in [0.4, 0.5) is 5.69 Å². The van der Waals surface area contributed by atoms with Crippen LogP contribution in [0.5, 0.6) is 5.75 Å². The maximum absolute atomic E-state index is 10.9. The number of nitrogens with zero attached hydrogens (tertiary/aromatic N) is 1. The minimum absolute atomic E-state index is 0.0402. The lowest BCUT2D eigenvalue weighted by atomic mass is 10.0. The number of halogens is 1. The number of ether oxygens (including phenoxy) is 1. The average molecular weight is 276 g/mol. The summed E-state index contributed by atoms with van der Waals surface area (Å²) in [6.45, 7) is 0. The fraction of sp³-hybridized carbons (Fsp3) is 0.455. The predicted molar refractivity (Wildman–Crippen MR) is 66.0 cm³/mol. The molecule has 0 aliphatic rings. The highest BCUT2D eigenvalue weighted by Crippen LogP contribution is 2.31. The number of methoxy groups -OCH3 is 1. The van der Waals surface area contributed by atoms with E-state index < -0.39 is 17.1 Å². The van der Waals surface area contributed by atoms with Crippen LogP contribution in [0.1, 0.15) is 18.1 Å². The molecular weight excluding hydrogens is 262 g/mol. The van der Waals surface area contributed by atoms with E-state index in [1.807, 2.05) is 0 Å². The van der Waals surface area contributed by atoms with Crippen LogP contribution in [-0.4, -0.2) is 34.2 Å². The van der Waals surface area contributed by atoms with Gasteiger partial charge in [-0.05, 0) is 18.6 Å². The molecule has 0 saturated carbocycles. The van der Waals surface area contributed by atoms with Crippen molar-refractivity contribution in [2.24, 2.45) is 0 Å². The van der Waals surface area contributed by atoms with Gasteiger partial charge in [0.15, 0.2) is 0 Å². The summed E-state index contributed by atoms with van der Waals surface area (Å²) in [4.78, 5) is 10.3. The molecule has 1 aromatic carbocycles. The van der Waals surface area contributed by atoms with Crippen molar-refractivity contribution in [3.63, 3.8) is 0 Å². The van der Waals surface area contributed by atoms with Crippen molar-refractivity contribution >= 4 is 17.3 Å². The van der Waals surface area contributed by atoms with Gasteiger partial charge in [-0.25, -0.2) is 0 Å². The van der Waals surface area contributed by atoms with Gasteiger partial charge in [0.1, 0.15) is 11.9 Å². The SMILES string of the molecule is COc1ccc(C(O)C(O)CCCl)c([N+](=O)[O-])c1.